The highest BCUT2D eigenvalue weighted by atomic mass is 19.4. The van der Waals surface area contributed by atoms with Gasteiger partial charge >= 0.3 is 12.4 Å². The molecule has 0 N–H and O–H groups in total. The van der Waals surface area contributed by atoms with Crippen molar-refractivity contribution in [2.45, 2.75) is 19.3 Å². The molecule has 5 aromatic carbocycles. The number of alkyl halides is 6. The van der Waals surface area contributed by atoms with Gasteiger partial charge in [-0.3, -0.25) is 0 Å². The topological polar surface area (TPSA) is 57.4 Å². The maximum Gasteiger partial charge on any atom is 0.416 e. The lowest BCUT2D eigenvalue weighted by atomic mass is 9.97. The predicted octanol–water partition coefficient (Wildman–Crippen LogP) is 11.9. The molecule has 2 aromatic heterocycles. The second kappa shape index (κ2) is 12.1. The second-order valence-corrected chi connectivity index (χ2v) is 11.8. The minimum Gasteiger partial charge on any atom is -0.309 e. The number of halogens is 6. The van der Waals surface area contributed by atoms with Crippen LogP contribution in [0.2, 0.25) is 0 Å². The van der Waals surface area contributed by atoms with Crippen molar-refractivity contribution in [3.05, 3.63) is 143 Å². The van der Waals surface area contributed by atoms with E-state index in [1.165, 1.54) is 24.3 Å². The highest BCUT2D eigenvalue weighted by molar-refractivity contribution is 6.10. The molecular formula is C41H24F6N4. The summed E-state index contributed by atoms with van der Waals surface area (Å²) < 4.78 is 87.7. The fourth-order valence-electron chi connectivity index (χ4n) is 6.74. The summed E-state index contributed by atoms with van der Waals surface area (Å²) in [6.07, 6.45) is -4.33. The van der Waals surface area contributed by atoms with Gasteiger partial charge in [0.25, 0.3) is 0 Å². The Morgan fingerprint density at radius 2 is 1.29 bits per heavy atom. The van der Waals surface area contributed by atoms with Gasteiger partial charge in [-0.15, -0.1) is 0 Å². The van der Waals surface area contributed by atoms with Gasteiger partial charge in [0.05, 0.1) is 61.9 Å². The predicted molar refractivity (Wildman–Crippen MR) is 187 cm³/mol. The molecule has 0 unspecified atom stereocenters. The molecule has 51 heavy (non-hydrogen) atoms. The number of nitrogens with zero attached hydrogens (tertiary/aromatic N) is 4. The van der Waals surface area contributed by atoms with Gasteiger partial charge in [-0.1, -0.05) is 61.2 Å². The average Bonchev–Trinajstić information content (AvgIpc) is 3.61. The van der Waals surface area contributed by atoms with Gasteiger partial charge in [-0.2, -0.15) is 36.9 Å². The zero-order valence-corrected chi connectivity index (χ0v) is 26.7. The van der Waals surface area contributed by atoms with Gasteiger partial charge in [0.15, 0.2) is 0 Å². The third-order valence-electron chi connectivity index (χ3n) is 8.92. The van der Waals surface area contributed by atoms with E-state index in [4.69, 9.17) is 0 Å². The number of benzene rings is 5. The molecule has 250 valence electrons. The Morgan fingerprint density at radius 3 is 1.92 bits per heavy atom. The largest absolute Gasteiger partial charge is 0.416 e. The number of para-hydroxylation sites is 1. The molecule has 0 bridgehead atoms. The first kappa shape index (κ1) is 33.0. The second-order valence-electron chi connectivity index (χ2n) is 11.8. The van der Waals surface area contributed by atoms with Gasteiger partial charge in [-0.05, 0) is 73.2 Å². The molecule has 7 aromatic rings. The molecule has 0 radical (unpaired) electrons. The van der Waals surface area contributed by atoms with E-state index in [9.17, 15) is 36.9 Å². The standard InChI is InChI=1S/C41H24F6N4/c1-3-8-34-29(4-2)31-15-13-27(40(42,43)44)19-38(31)50(34)36-21-33(25-10-7-9-24(17-25)22-48)37(18-26(36)23-49)51-35-12-6-5-11-30(35)32-16-14-28(20-39(32)51)41(45,46)47/h3-21H,2H2,1H3/b8-3-. The summed E-state index contributed by atoms with van der Waals surface area (Å²) in [6.45, 7) is 5.66. The summed E-state index contributed by atoms with van der Waals surface area (Å²) in [5.74, 6) is 0. The van der Waals surface area contributed by atoms with E-state index in [0.717, 1.165) is 24.3 Å². The van der Waals surface area contributed by atoms with Crippen LogP contribution in [0.4, 0.5) is 26.3 Å². The lowest BCUT2D eigenvalue weighted by molar-refractivity contribution is -0.138. The third-order valence-corrected chi connectivity index (χ3v) is 8.92. The zero-order chi connectivity index (χ0) is 36.2. The smallest absolute Gasteiger partial charge is 0.309 e. The molecule has 4 nitrogen and oxygen atoms in total. The van der Waals surface area contributed by atoms with Crippen LogP contribution in [0.3, 0.4) is 0 Å². The number of fused-ring (bicyclic) bond motifs is 4. The number of aromatic nitrogens is 2. The van der Waals surface area contributed by atoms with E-state index < -0.39 is 23.5 Å². The Labute approximate surface area is 287 Å². The first-order chi connectivity index (χ1) is 24.4. The van der Waals surface area contributed by atoms with Crippen molar-refractivity contribution in [1.29, 1.82) is 10.5 Å². The van der Waals surface area contributed by atoms with Crippen molar-refractivity contribution in [1.82, 2.24) is 9.13 Å². The van der Waals surface area contributed by atoms with Gasteiger partial charge in [-0.25, -0.2) is 0 Å². The maximum atomic E-state index is 14.1. The number of allylic oxidation sites excluding steroid dienone is 1. The van der Waals surface area contributed by atoms with E-state index in [1.54, 1.807) is 82.8 Å². The summed E-state index contributed by atoms with van der Waals surface area (Å²) in [6, 6.07) is 28.0. The molecule has 2 heterocycles. The fraction of sp³-hybridized carbons (Fsp3) is 0.0732. The van der Waals surface area contributed by atoms with Crippen LogP contribution < -0.4 is 0 Å². The van der Waals surface area contributed by atoms with E-state index >= 15 is 0 Å². The van der Waals surface area contributed by atoms with E-state index in [2.05, 4.69) is 18.7 Å². The molecule has 10 heteroatoms. The van der Waals surface area contributed by atoms with Crippen LogP contribution in [0, 0.1) is 22.7 Å². The molecule has 7 rings (SSSR count). The van der Waals surface area contributed by atoms with Crippen LogP contribution in [0.25, 0.3) is 67.4 Å². The Hall–Kier alpha value is -6.52. The van der Waals surface area contributed by atoms with Gasteiger partial charge in [0, 0.05) is 27.3 Å². The molecule has 0 amide bonds. The van der Waals surface area contributed by atoms with Crippen LogP contribution in [0.5, 0.6) is 0 Å². The van der Waals surface area contributed by atoms with E-state index in [0.29, 0.717) is 55.3 Å². The molecule has 0 spiro atoms. The van der Waals surface area contributed by atoms with Crippen LogP contribution in [-0.4, -0.2) is 9.13 Å². The normalized spacial score (nSPS) is 12.2. The summed E-state index contributed by atoms with van der Waals surface area (Å²) in [5.41, 5.74) is 2.02. The summed E-state index contributed by atoms with van der Waals surface area (Å²) in [7, 11) is 0. The Balaban J connectivity index is 1.67. The minimum absolute atomic E-state index is 0.0405. The van der Waals surface area contributed by atoms with Crippen LogP contribution in [0.15, 0.2) is 110 Å². The molecule has 0 atom stereocenters. The lowest BCUT2D eigenvalue weighted by Gasteiger charge is -2.20. The van der Waals surface area contributed by atoms with Crippen molar-refractivity contribution >= 4 is 44.9 Å². The molecule has 0 aliphatic carbocycles. The van der Waals surface area contributed by atoms with Crippen molar-refractivity contribution in [3.63, 3.8) is 0 Å². The molecule has 0 fully saturated rings. The molecule has 0 saturated carbocycles. The summed E-state index contributed by atoms with van der Waals surface area (Å²) in [4.78, 5) is 0. The first-order valence-electron chi connectivity index (χ1n) is 15.6. The summed E-state index contributed by atoms with van der Waals surface area (Å²) >= 11 is 0. The van der Waals surface area contributed by atoms with E-state index in [1.807, 2.05) is 0 Å². The minimum atomic E-state index is -4.66. The van der Waals surface area contributed by atoms with Gasteiger partial charge in [0.1, 0.15) is 6.07 Å². The quantitative estimate of drug-likeness (QED) is 0.169. The number of hydrogen-bond donors (Lipinski definition) is 0. The van der Waals surface area contributed by atoms with Gasteiger partial charge < -0.3 is 9.13 Å². The molecule has 0 aliphatic rings. The molecular weight excluding hydrogens is 662 g/mol. The van der Waals surface area contributed by atoms with Crippen LogP contribution in [0.1, 0.15) is 40.4 Å². The van der Waals surface area contributed by atoms with Crippen LogP contribution in [-0.2, 0) is 12.4 Å². The molecule has 0 aliphatic heterocycles. The number of nitriles is 2. The lowest BCUT2D eigenvalue weighted by Crippen LogP contribution is -2.07. The third kappa shape index (κ3) is 5.42. The van der Waals surface area contributed by atoms with Crippen molar-refractivity contribution in [3.8, 4) is 34.6 Å². The van der Waals surface area contributed by atoms with Crippen LogP contribution >= 0.6 is 0 Å². The number of rotatable bonds is 5. The summed E-state index contributed by atoms with van der Waals surface area (Å²) in [5, 5.41) is 22.1. The highest BCUT2D eigenvalue weighted by Gasteiger charge is 2.33. The van der Waals surface area contributed by atoms with E-state index in [-0.39, 0.29) is 22.3 Å². The Kier molecular flexibility index (Phi) is 7.84. The Bertz CT molecular complexity index is 2670. The maximum absolute atomic E-state index is 14.1. The number of hydrogen-bond acceptors (Lipinski definition) is 2. The monoisotopic (exact) mass is 686 g/mol. The SMILES string of the molecule is C=Cc1c(/C=C\C)n(-c2cc(-c3cccc(C#N)c3)c(-n3c4ccccc4c4ccc(C(F)(F)F)cc43)cc2C#N)c2cc(C(F)(F)F)ccc12. The fourth-order valence-corrected chi connectivity index (χ4v) is 6.74. The Morgan fingerprint density at radius 1 is 0.647 bits per heavy atom. The van der Waals surface area contributed by atoms with Crippen molar-refractivity contribution in [2.24, 2.45) is 0 Å². The van der Waals surface area contributed by atoms with Crippen molar-refractivity contribution in [2.75, 3.05) is 0 Å². The average molecular weight is 687 g/mol. The molecule has 0 saturated heterocycles. The zero-order valence-electron chi connectivity index (χ0n) is 26.7. The first-order valence-corrected chi connectivity index (χ1v) is 15.6. The van der Waals surface area contributed by atoms with Gasteiger partial charge in [0.2, 0.25) is 0 Å². The highest BCUT2D eigenvalue weighted by Crippen LogP contribution is 2.43. The van der Waals surface area contributed by atoms with Crippen molar-refractivity contribution < 1.29 is 26.3 Å².